The van der Waals surface area contributed by atoms with E-state index in [1.54, 1.807) is 0 Å². The minimum atomic E-state index is -1.10. The van der Waals surface area contributed by atoms with E-state index in [2.05, 4.69) is 15.3 Å². The summed E-state index contributed by atoms with van der Waals surface area (Å²) in [6, 6.07) is 1.14. The number of aromatic carboxylic acids is 1. The number of nitrogens with one attached hydrogen (secondary N) is 2. The van der Waals surface area contributed by atoms with Gasteiger partial charge in [-0.05, 0) is 0 Å². The van der Waals surface area contributed by atoms with E-state index in [4.69, 9.17) is 5.11 Å². The third-order valence-electron chi connectivity index (χ3n) is 2.52. The molecule has 0 radical (unpaired) electrons. The van der Waals surface area contributed by atoms with Crippen molar-refractivity contribution in [3.05, 3.63) is 44.2 Å². The maximum Gasteiger partial charge on any atom is 0.355 e. The minimum Gasteiger partial charge on any atom is -0.476 e. The van der Waals surface area contributed by atoms with Crippen LogP contribution in [0.15, 0.2) is 17.6 Å². The van der Waals surface area contributed by atoms with Crippen LogP contribution < -0.4 is 5.32 Å². The Hall–Kier alpha value is -2.75. The number of nitro groups is 1. The molecular weight excluding hydrogens is 300 g/mol. The summed E-state index contributed by atoms with van der Waals surface area (Å²) in [7, 11) is 0. The van der Waals surface area contributed by atoms with Gasteiger partial charge in [0.25, 0.3) is 11.6 Å². The number of carbonyl (C=O) groups is 2. The minimum absolute atomic E-state index is 0.0266. The van der Waals surface area contributed by atoms with E-state index in [0.717, 1.165) is 12.3 Å². The summed E-state index contributed by atoms with van der Waals surface area (Å²) in [6.07, 6.45) is 1.52. The van der Waals surface area contributed by atoms with Gasteiger partial charge in [0.1, 0.15) is 5.69 Å². The van der Waals surface area contributed by atoms with Crippen molar-refractivity contribution in [3.63, 3.8) is 0 Å². The molecule has 0 bridgehead atoms. The number of aromatic nitrogens is 2. The molecule has 10 heteroatoms. The molecule has 0 aliphatic carbocycles. The first kappa shape index (κ1) is 14.7. The number of carboxylic acids is 1. The lowest BCUT2D eigenvalue weighted by molar-refractivity contribution is -0.384. The van der Waals surface area contributed by atoms with Gasteiger partial charge in [-0.2, -0.15) is 0 Å². The molecule has 21 heavy (non-hydrogen) atoms. The quantitative estimate of drug-likeness (QED) is 0.538. The Bertz CT molecular complexity index is 692. The van der Waals surface area contributed by atoms with Gasteiger partial charge < -0.3 is 15.4 Å². The van der Waals surface area contributed by atoms with Crippen LogP contribution in [0.2, 0.25) is 0 Å². The van der Waals surface area contributed by atoms with Crippen LogP contribution in [0.5, 0.6) is 0 Å². The topological polar surface area (TPSA) is 138 Å². The van der Waals surface area contributed by atoms with Crippen LogP contribution in [-0.4, -0.2) is 38.4 Å². The van der Waals surface area contributed by atoms with Gasteiger partial charge in [0.05, 0.1) is 16.1 Å². The zero-order valence-electron chi connectivity index (χ0n) is 10.5. The lowest BCUT2D eigenvalue weighted by Gasteiger charge is -2.01. The van der Waals surface area contributed by atoms with Gasteiger partial charge in [0.15, 0.2) is 5.69 Å². The Morgan fingerprint density at radius 3 is 2.86 bits per heavy atom. The van der Waals surface area contributed by atoms with E-state index in [-0.39, 0.29) is 23.6 Å². The Balaban J connectivity index is 1.85. The van der Waals surface area contributed by atoms with Crippen molar-refractivity contribution in [2.24, 2.45) is 0 Å². The van der Waals surface area contributed by atoms with E-state index >= 15 is 0 Å². The molecule has 0 aliphatic rings. The van der Waals surface area contributed by atoms with Crippen molar-refractivity contribution in [1.82, 2.24) is 15.3 Å². The number of nitrogens with zero attached hydrogens (tertiary/aromatic N) is 2. The number of rotatable bonds is 6. The van der Waals surface area contributed by atoms with Gasteiger partial charge in [0, 0.05) is 24.4 Å². The number of thiazole rings is 1. The average molecular weight is 310 g/mol. The smallest absolute Gasteiger partial charge is 0.355 e. The molecule has 2 aromatic heterocycles. The molecule has 0 fully saturated rings. The van der Waals surface area contributed by atoms with Crippen molar-refractivity contribution >= 4 is 28.9 Å². The SMILES string of the molecule is O=C(O)c1csc(CCNC(=O)c2cc([N+](=O)[O-])c[nH]2)n1. The van der Waals surface area contributed by atoms with Gasteiger partial charge in [-0.1, -0.05) is 0 Å². The van der Waals surface area contributed by atoms with E-state index in [0.29, 0.717) is 11.4 Å². The number of amides is 1. The molecule has 0 spiro atoms. The van der Waals surface area contributed by atoms with E-state index in [9.17, 15) is 19.7 Å². The third-order valence-corrected chi connectivity index (χ3v) is 3.43. The molecule has 0 aliphatic heterocycles. The number of hydrogen-bond acceptors (Lipinski definition) is 6. The summed E-state index contributed by atoms with van der Waals surface area (Å²) < 4.78 is 0. The molecule has 110 valence electrons. The Morgan fingerprint density at radius 2 is 2.29 bits per heavy atom. The Kier molecular flexibility index (Phi) is 4.28. The van der Waals surface area contributed by atoms with Crippen LogP contribution >= 0.6 is 11.3 Å². The average Bonchev–Trinajstić information content (AvgIpc) is 3.07. The lowest BCUT2D eigenvalue weighted by Crippen LogP contribution is -2.25. The fourth-order valence-electron chi connectivity index (χ4n) is 1.52. The summed E-state index contributed by atoms with van der Waals surface area (Å²) in [5, 5.41) is 23.8. The molecule has 0 saturated heterocycles. The van der Waals surface area contributed by atoms with Gasteiger partial charge in [-0.15, -0.1) is 11.3 Å². The maximum atomic E-state index is 11.7. The molecule has 0 saturated carbocycles. The van der Waals surface area contributed by atoms with Crippen molar-refractivity contribution in [2.45, 2.75) is 6.42 Å². The van der Waals surface area contributed by atoms with E-state index in [1.165, 1.54) is 16.7 Å². The van der Waals surface area contributed by atoms with Crippen molar-refractivity contribution < 1.29 is 19.6 Å². The summed E-state index contributed by atoms with van der Waals surface area (Å²) in [6.45, 7) is 0.248. The number of aromatic amines is 1. The molecule has 2 aromatic rings. The standard InChI is InChI=1S/C11H10N4O5S/c16-10(7-3-6(4-13-7)15(19)20)12-2-1-9-14-8(5-21-9)11(17)18/h3-5,13H,1-2H2,(H,12,16)(H,17,18). The predicted molar refractivity (Wildman–Crippen MR) is 72.6 cm³/mol. The van der Waals surface area contributed by atoms with Gasteiger partial charge >= 0.3 is 5.97 Å². The number of carboxylic acid groups (broad SMARTS) is 1. The molecule has 2 heterocycles. The first-order valence-corrected chi connectivity index (χ1v) is 6.64. The molecule has 9 nitrogen and oxygen atoms in total. The highest BCUT2D eigenvalue weighted by Gasteiger charge is 2.14. The predicted octanol–water partition coefficient (Wildman–Crippen LogP) is 1.05. The Morgan fingerprint density at radius 1 is 1.52 bits per heavy atom. The second kappa shape index (κ2) is 6.13. The third kappa shape index (κ3) is 3.63. The highest BCUT2D eigenvalue weighted by Crippen LogP contribution is 2.12. The van der Waals surface area contributed by atoms with Gasteiger partial charge in [-0.3, -0.25) is 14.9 Å². The van der Waals surface area contributed by atoms with Gasteiger partial charge in [-0.25, -0.2) is 9.78 Å². The monoisotopic (exact) mass is 310 g/mol. The van der Waals surface area contributed by atoms with Crippen molar-refractivity contribution in [1.29, 1.82) is 0 Å². The van der Waals surface area contributed by atoms with E-state index in [1.807, 2.05) is 0 Å². The van der Waals surface area contributed by atoms with Crippen LogP contribution in [-0.2, 0) is 6.42 Å². The lowest BCUT2D eigenvalue weighted by atomic mass is 10.3. The molecule has 3 N–H and O–H groups in total. The van der Waals surface area contributed by atoms with E-state index < -0.39 is 16.8 Å². The van der Waals surface area contributed by atoms with Crippen LogP contribution in [0.3, 0.4) is 0 Å². The summed E-state index contributed by atoms with van der Waals surface area (Å²) in [4.78, 5) is 38.6. The van der Waals surface area contributed by atoms with Gasteiger partial charge in [0.2, 0.25) is 0 Å². The highest BCUT2D eigenvalue weighted by molar-refractivity contribution is 7.09. The molecule has 2 rings (SSSR count). The number of hydrogen-bond donors (Lipinski definition) is 3. The molecule has 0 aromatic carbocycles. The highest BCUT2D eigenvalue weighted by atomic mass is 32.1. The molecule has 0 unspecified atom stereocenters. The maximum absolute atomic E-state index is 11.7. The normalized spacial score (nSPS) is 10.3. The van der Waals surface area contributed by atoms with Crippen molar-refractivity contribution in [2.75, 3.05) is 6.54 Å². The zero-order valence-corrected chi connectivity index (χ0v) is 11.3. The second-order valence-electron chi connectivity index (χ2n) is 3.97. The van der Waals surface area contributed by atoms with Crippen LogP contribution in [0.25, 0.3) is 0 Å². The number of H-pyrrole nitrogens is 1. The fourth-order valence-corrected chi connectivity index (χ4v) is 2.29. The first-order valence-electron chi connectivity index (χ1n) is 5.76. The number of carbonyl (C=O) groups excluding carboxylic acids is 1. The zero-order chi connectivity index (χ0) is 15.4. The van der Waals surface area contributed by atoms with Crippen LogP contribution in [0, 0.1) is 10.1 Å². The first-order chi connectivity index (χ1) is 9.97. The summed E-state index contributed by atoms with van der Waals surface area (Å²) >= 11 is 1.19. The summed E-state index contributed by atoms with van der Waals surface area (Å²) in [5.74, 6) is -1.57. The van der Waals surface area contributed by atoms with Crippen LogP contribution in [0.1, 0.15) is 26.0 Å². The second-order valence-corrected chi connectivity index (χ2v) is 4.91. The Labute approximate surface area is 121 Å². The largest absolute Gasteiger partial charge is 0.476 e. The molecular formula is C11H10N4O5S. The van der Waals surface area contributed by atoms with Crippen molar-refractivity contribution in [3.8, 4) is 0 Å². The fraction of sp³-hybridized carbons (Fsp3) is 0.182. The molecule has 1 amide bonds. The van der Waals surface area contributed by atoms with Crippen LogP contribution in [0.4, 0.5) is 5.69 Å². The molecule has 0 atom stereocenters. The summed E-state index contributed by atoms with van der Waals surface area (Å²) in [5.41, 5.74) is -0.125.